The van der Waals surface area contributed by atoms with Crippen molar-refractivity contribution in [3.05, 3.63) is 58.9 Å². The average molecular weight is 380 g/mol. The fraction of sp³-hybridized carbons (Fsp3) is 0.0667. The maximum atomic E-state index is 12.0. The van der Waals surface area contributed by atoms with E-state index in [2.05, 4.69) is 4.98 Å². The van der Waals surface area contributed by atoms with E-state index in [0.717, 1.165) is 12.1 Å². The second-order valence-corrected chi connectivity index (χ2v) is 4.64. The van der Waals surface area contributed by atoms with Crippen LogP contribution in [-0.4, -0.2) is 22.9 Å². The van der Waals surface area contributed by atoms with Gasteiger partial charge < -0.3 is 24.5 Å². The third kappa shape index (κ3) is 6.71. The van der Waals surface area contributed by atoms with Crippen molar-refractivity contribution in [2.45, 2.75) is 5.88 Å². The number of benzene rings is 1. The smallest absolute Gasteiger partial charge is 0.543 e. The number of hydrogen-bond acceptors (Lipinski definition) is 7. The number of carboxylic acid groups (broad SMARTS) is 2. The molecule has 2 rings (SSSR count). The zero-order valence-corrected chi connectivity index (χ0v) is 18.2. The summed E-state index contributed by atoms with van der Waals surface area (Å²) in [7, 11) is 0. The van der Waals surface area contributed by atoms with Gasteiger partial charge in [0, 0.05) is 18.0 Å². The molecular formula is C15H8ClNNa2O6. The molecule has 7 nitrogen and oxygen atoms in total. The van der Waals surface area contributed by atoms with Gasteiger partial charge in [-0.15, -0.1) is 11.6 Å². The molecule has 1 aromatic carbocycles. The van der Waals surface area contributed by atoms with Gasteiger partial charge in [-0.2, -0.15) is 0 Å². The van der Waals surface area contributed by atoms with Crippen LogP contribution in [0.5, 0.6) is 5.75 Å². The number of halogens is 1. The van der Waals surface area contributed by atoms with Gasteiger partial charge in [0.25, 0.3) is 0 Å². The van der Waals surface area contributed by atoms with Crippen LogP contribution in [-0.2, 0) is 5.88 Å². The van der Waals surface area contributed by atoms with Crippen LogP contribution >= 0.6 is 11.6 Å². The molecule has 0 unspecified atom stereocenters. The molecule has 0 aliphatic rings. The van der Waals surface area contributed by atoms with Gasteiger partial charge in [0.15, 0.2) is 0 Å². The first-order valence-corrected chi connectivity index (χ1v) is 6.76. The van der Waals surface area contributed by atoms with Crippen LogP contribution in [0.2, 0.25) is 0 Å². The van der Waals surface area contributed by atoms with Crippen molar-refractivity contribution in [2.24, 2.45) is 0 Å². The molecule has 0 aliphatic carbocycles. The van der Waals surface area contributed by atoms with Gasteiger partial charge in [0.2, 0.25) is 0 Å². The molecule has 10 heteroatoms. The van der Waals surface area contributed by atoms with E-state index in [1.54, 1.807) is 12.1 Å². The Kier molecular flexibility index (Phi) is 10.5. The van der Waals surface area contributed by atoms with Crippen molar-refractivity contribution in [1.29, 1.82) is 0 Å². The summed E-state index contributed by atoms with van der Waals surface area (Å²) in [6.45, 7) is 0. The molecule has 2 aromatic rings. The first-order chi connectivity index (χ1) is 10.9. The number of pyridine rings is 1. The Morgan fingerprint density at radius 1 is 1.00 bits per heavy atom. The summed E-state index contributed by atoms with van der Waals surface area (Å²) in [5.74, 6) is -4.35. The zero-order valence-electron chi connectivity index (χ0n) is 13.4. The predicted molar refractivity (Wildman–Crippen MR) is 73.9 cm³/mol. The molecular weight excluding hydrogens is 372 g/mol. The first kappa shape index (κ1) is 24.1. The van der Waals surface area contributed by atoms with E-state index in [4.69, 9.17) is 16.3 Å². The minimum absolute atomic E-state index is 0. The van der Waals surface area contributed by atoms with Gasteiger partial charge in [0.05, 0.1) is 28.9 Å². The molecule has 0 radical (unpaired) electrons. The van der Waals surface area contributed by atoms with Crippen molar-refractivity contribution in [1.82, 2.24) is 4.98 Å². The Labute approximate surface area is 191 Å². The molecule has 25 heavy (non-hydrogen) atoms. The molecule has 1 aromatic heterocycles. The normalized spacial score (nSPS) is 9.32. The van der Waals surface area contributed by atoms with Crippen molar-refractivity contribution in [3.63, 3.8) is 0 Å². The summed E-state index contributed by atoms with van der Waals surface area (Å²) < 4.78 is 4.98. The van der Waals surface area contributed by atoms with Crippen molar-refractivity contribution in [3.8, 4) is 5.75 Å². The zero-order chi connectivity index (χ0) is 17.0. The van der Waals surface area contributed by atoms with Crippen LogP contribution < -0.4 is 74.1 Å². The maximum absolute atomic E-state index is 12.0. The molecule has 118 valence electrons. The molecule has 0 saturated heterocycles. The summed E-state index contributed by atoms with van der Waals surface area (Å²) >= 11 is 5.67. The summed E-state index contributed by atoms with van der Waals surface area (Å²) in [5.41, 5.74) is -0.528. The van der Waals surface area contributed by atoms with E-state index in [9.17, 15) is 24.6 Å². The number of aromatic nitrogens is 1. The summed E-state index contributed by atoms with van der Waals surface area (Å²) in [5, 5.41) is 21.7. The Bertz CT molecular complexity index is 767. The van der Waals surface area contributed by atoms with Gasteiger partial charge >= 0.3 is 65.1 Å². The van der Waals surface area contributed by atoms with E-state index >= 15 is 0 Å². The van der Waals surface area contributed by atoms with Crippen LogP contribution in [0.4, 0.5) is 0 Å². The topological polar surface area (TPSA) is 119 Å². The molecule has 0 amide bonds. The summed E-state index contributed by atoms with van der Waals surface area (Å²) in [4.78, 5) is 37.0. The van der Waals surface area contributed by atoms with E-state index in [0.29, 0.717) is 5.56 Å². The largest absolute Gasteiger partial charge is 1.00 e. The quantitative estimate of drug-likeness (QED) is 0.288. The Hall–Kier alpha value is -0.930. The second-order valence-electron chi connectivity index (χ2n) is 4.37. The van der Waals surface area contributed by atoms with E-state index in [-0.39, 0.29) is 76.3 Å². The van der Waals surface area contributed by atoms with Gasteiger partial charge in [0.1, 0.15) is 5.75 Å². The van der Waals surface area contributed by atoms with E-state index in [1.165, 1.54) is 12.1 Å². The van der Waals surface area contributed by atoms with Crippen molar-refractivity contribution >= 4 is 29.5 Å². The van der Waals surface area contributed by atoms with E-state index < -0.39 is 29.3 Å². The average Bonchev–Trinajstić information content (AvgIpc) is 2.54. The monoisotopic (exact) mass is 379 g/mol. The number of carboxylic acids is 2. The molecule has 0 bridgehead atoms. The van der Waals surface area contributed by atoms with Gasteiger partial charge in [-0.3, -0.25) is 0 Å². The van der Waals surface area contributed by atoms with Gasteiger partial charge in [-0.25, -0.2) is 9.78 Å². The fourth-order valence-corrected chi connectivity index (χ4v) is 1.89. The third-order valence-electron chi connectivity index (χ3n) is 2.74. The number of esters is 1. The van der Waals surface area contributed by atoms with Crippen LogP contribution in [0.15, 0.2) is 36.4 Å². The number of hydrogen-bond donors (Lipinski definition) is 0. The molecule has 0 saturated carbocycles. The van der Waals surface area contributed by atoms with Gasteiger partial charge in [-0.1, -0.05) is 12.1 Å². The number of carbonyl (C=O) groups is 3. The number of carbonyl (C=O) groups excluding carboxylic acids is 3. The molecule has 0 N–H and O–H groups in total. The SMILES string of the molecule is O=C(Oc1cc(C(=O)[O-])nc(C(=O)[O-])c1)c1cccc(CCl)c1.[Na+].[Na+]. The summed E-state index contributed by atoms with van der Waals surface area (Å²) in [6.07, 6.45) is 0. The van der Waals surface area contributed by atoms with Crippen LogP contribution in [0.3, 0.4) is 0 Å². The van der Waals surface area contributed by atoms with Crippen LogP contribution in [0, 0.1) is 0 Å². The second kappa shape index (κ2) is 10.9. The van der Waals surface area contributed by atoms with Crippen LogP contribution in [0.1, 0.15) is 36.9 Å². The Balaban J connectivity index is 0.00000288. The van der Waals surface area contributed by atoms with Gasteiger partial charge in [-0.05, 0) is 17.7 Å². The molecule has 0 aliphatic heterocycles. The molecule has 0 fully saturated rings. The fourth-order valence-electron chi connectivity index (χ4n) is 1.72. The maximum Gasteiger partial charge on any atom is 1.00 e. The molecule has 1 heterocycles. The number of aromatic carboxylic acids is 2. The number of rotatable bonds is 5. The van der Waals surface area contributed by atoms with Crippen molar-refractivity contribution in [2.75, 3.05) is 0 Å². The van der Waals surface area contributed by atoms with E-state index in [1.807, 2.05) is 0 Å². The number of alkyl halides is 1. The predicted octanol–water partition coefficient (Wildman–Crippen LogP) is -6.23. The Morgan fingerprint density at radius 3 is 2.04 bits per heavy atom. The standard InChI is InChI=1S/C15H10ClNO6.2Na/c16-7-8-2-1-3-9(4-8)15(22)23-10-5-11(13(18)19)17-12(6-10)14(20)21;;/h1-6H,7H2,(H,18,19)(H,20,21);;/q;2*+1/p-2. The Morgan fingerprint density at radius 2 is 1.56 bits per heavy atom. The third-order valence-corrected chi connectivity index (χ3v) is 3.05. The van der Waals surface area contributed by atoms with Crippen molar-refractivity contribution < 1.29 is 88.4 Å². The molecule has 0 spiro atoms. The van der Waals surface area contributed by atoms with Crippen LogP contribution in [0.25, 0.3) is 0 Å². The number of nitrogens with zero attached hydrogens (tertiary/aromatic N) is 1. The summed E-state index contributed by atoms with van der Waals surface area (Å²) in [6, 6.07) is 8.03. The first-order valence-electron chi connectivity index (χ1n) is 6.22. The number of ether oxygens (including phenoxy) is 1. The minimum atomic E-state index is -1.71. The minimum Gasteiger partial charge on any atom is -0.543 e. The molecule has 0 atom stereocenters.